The average Bonchev–Trinajstić information content (AvgIpc) is 3.17. The lowest BCUT2D eigenvalue weighted by Gasteiger charge is -2.19. The summed E-state index contributed by atoms with van der Waals surface area (Å²) >= 11 is 5.91. The van der Waals surface area contributed by atoms with Crippen molar-refractivity contribution in [2.45, 2.75) is 6.42 Å². The molecule has 2 aromatic carbocycles. The quantitative estimate of drug-likeness (QED) is 0.517. The summed E-state index contributed by atoms with van der Waals surface area (Å²) in [6.07, 6.45) is -0.0399. The molecular weight excluding hydrogens is 426 g/mol. The van der Waals surface area contributed by atoms with Crippen molar-refractivity contribution in [3.8, 4) is 5.75 Å². The maximum absolute atomic E-state index is 12.4. The molecule has 2 aromatic rings. The van der Waals surface area contributed by atoms with Gasteiger partial charge >= 0.3 is 5.97 Å². The van der Waals surface area contributed by atoms with Crippen LogP contribution in [-0.2, 0) is 19.1 Å². The lowest BCUT2D eigenvalue weighted by molar-refractivity contribution is -0.152. The molecule has 1 fully saturated rings. The highest BCUT2D eigenvalue weighted by Crippen LogP contribution is 2.33. The molecule has 162 valence electrons. The number of hydrazine groups is 1. The Kier molecular flexibility index (Phi) is 7.09. The van der Waals surface area contributed by atoms with Gasteiger partial charge in [-0.3, -0.25) is 30.0 Å². The van der Waals surface area contributed by atoms with E-state index in [9.17, 15) is 19.2 Å². The Labute approximate surface area is 183 Å². The molecule has 10 heteroatoms. The van der Waals surface area contributed by atoms with E-state index in [1.807, 2.05) is 0 Å². The van der Waals surface area contributed by atoms with Crippen LogP contribution in [0.15, 0.2) is 48.5 Å². The monoisotopic (exact) mass is 445 g/mol. The molecule has 3 amide bonds. The Morgan fingerprint density at radius 3 is 2.55 bits per heavy atom. The van der Waals surface area contributed by atoms with Crippen molar-refractivity contribution >= 4 is 41.0 Å². The maximum atomic E-state index is 12.4. The number of halogens is 1. The number of hydrogen-bond donors (Lipinski definition) is 2. The Morgan fingerprint density at radius 1 is 1.10 bits per heavy atom. The number of ether oxygens (including phenoxy) is 2. The highest BCUT2D eigenvalue weighted by molar-refractivity contribution is 6.33. The number of carbonyl (C=O) groups excluding carboxylic acids is 4. The summed E-state index contributed by atoms with van der Waals surface area (Å²) < 4.78 is 10.3. The molecule has 0 saturated carbocycles. The van der Waals surface area contributed by atoms with E-state index in [2.05, 4.69) is 10.9 Å². The summed E-state index contributed by atoms with van der Waals surface area (Å²) in [4.78, 5) is 50.0. The van der Waals surface area contributed by atoms with Crippen LogP contribution in [0.3, 0.4) is 0 Å². The van der Waals surface area contributed by atoms with E-state index in [0.717, 1.165) is 0 Å². The number of anilines is 1. The van der Waals surface area contributed by atoms with Gasteiger partial charge in [-0.1, -0.05) is 35.9 Å². The second kappa shape index (κ2) is 9.94. The Bertz CT molecular complexity index is 1010. The number of nitrogens with one attached hydrogen (secondary N) is 2. The van der Waals surface area contributed by atoms with Gasteiger partial charge in [0.25, 0.3) is 11.8 Å². The van der Waals surface area contributed by atoms with Crippen LogP contribution in [0.5, 0.6) is 5.75 Å². The van der Waals surface area contributed by atoms with Gasteiger partial charge < -0.3 is 14.4 Å². The summed E-state index contributed by atoms with van der Waals surface area (Å²) in [6.45, 7) is -0.496. The minimum absolute atomic E-state index is 0.0399. The van der Waals surface area contributed by atoms with Gasteiger partial charge in [0.1, 0.15) is 5.75 Å². The number of esters is 1. The molecule has 1 heterocycles. The molecule has 1 saturated heterocycles. The van der Waals surface area contributed by atoms with E-state index < -0.39 is 30.3 Å². The molecular formula is C21H20ClN3O6. The van der Waals surface area contributed by atoms with Crippen LogP contribution >= 0.6 is 11.6 Å². The topological polar surface area (TPSA) is 114 Å². The molecule has 0 aliphatic carbocycles. The van der Waals surface area contributed by atoms with Gasteiger partial charge in [-0.15, -0.1) is 0 Å². The van der Waals surface area contributed by atoms with Crippen molar-refractivity contribution in [1.29, 1.82) is 0 Å². The highest BCUT2D eigenvalue weighted by atomic mass is 35.5. The minimum atomic E-state index is -0.736. The number of nitrogens with zero attached hydrogens (tertiary/aromatic N) is 1. The third-order valence-corrected chi connectivity index (χ3v) is 4.94. The zero-order valence-electron chi connectivity index (χ0n) is 16.6. The standard InChI is InChI=1S/C21H20ClN3O6/c1-30-17-9-5-4-8-16(17)25-11-13(10-19(25)27)21(29)31-12-18(26)23-24-20(28)14-6-2-3-7-15(14)22/h2-9,13H,10-12H2,1H3,(H,23,26)(H,24,28)/t13-/m1/s1. The summed E-state index contributed by atoms with van der Waals surface area (Å²) in [6, 6.07) is 13.3. The fourth-order valence-corrected chi connectivity index (χ4v) is 3.30. The third kappa shape index (κ3) is 5.32. The van der Waals surface area contributed by atoms with Crippen LogP contribution in [-0.4, -0.2) is 44.0 Å². The molecule has 0 unspecified atom stereocenters. The largest absolute Gasteiger partial charge is 0.495 e. The normalized spacial score (nSPS) is 15.4. The minimum Gasteiger partial charge on any atom is -0.495 e. The van der Waals surface area contributed by atoms with Crippen LogP contribution in [0.25, 0.3) is 0 Å². The number of benzene rings is 2. The Balaban J connectivity index is 1.48. The predicted octanol–water partition coefficient (Wildman–Crippen LogP) is 1.71. The van der Waals surface area contributed by atoms with Crippen LogP contribution in [0, 0.1) is 5.92 Å². The van der Waals surface area contributed by atoms with Gasteiger partial charge in [0.15, 0.2) is 6.61 Å². The van der Waals surface area contributed by atoms with E-state index in [4.69, 9.17) is 21.1 Å². The fourth-order valence-electron chi connectivity index (χ4n) is 3.08. The number of rotatable bonds is 6. The molecule has 0 bridgehead atoms. The Hall–Kier alpha value is -3.59. The highest BCUT2D eigenvalue weighted by Gasteiger charge is 2.37. The first-order valence-electron chi connectivity index (χ1n) is 9.34. The smallest absolute Gasteiger partial charge is 0.311 e. The van der Waals surface area contributed by atoms with E-state index in [0.29, 0.717) is 11.4 Å². The van der Waals surface area contributed by atoms with Gasteiger partial charge in [0, 0.05) is 13.0 Å². The first-order valence-corrected chi connectivity index (χ1v) is 9.72. The first kappa shape index (κ1) is 22.1. The van der Waals surface area contributed by atoms with E-state index >= 15 is 0 Å². The number of methoxy groups -OCH3 is 1. The van der Waals surface area contributed by atoms with Crippen LogP contribution < -0.4 is 20.5 Å². The summed E-state index contributed by atoms with van der Waals surface area (Å²) in [7, 11) is 1.49. The van der Waals surface area contributed by atoms with Gasteiger partial charge in [0.2, 0.25) is 5.91 Å². The van der Waals surface area contributed by atoms with Crippen molar-refractivity contribution in [3.05, 3.63) is 59.1 Å². The summed E-state index contributed by atoms with van der Waals surface area (Å²) in [5.74, 6) is -2.48. The third-order valence-electron chi connectivity index (χ3n) is 4.61. The number of carbonyl (C=O) groups is 4. The zero-order chi connectivity index (χ0) is 22.4. The molecule has 0 aromatic heterocycles. The van der Waals surface area contributed by atoms with Crippen LogP contribution in [0.4, 0.5) is 5.69 Å². The van der Waals surface area contributed by atoms with Crippen molar-refractivity contribution in [2.75, 3.05) is 25.2 Å². The second-order valence-electron chi connectivity index (χ2n) is 6.67. The predicted molar refractivity (Wildman–Crippen MR) is 111 cm³/mol. The number of hydrogen-bond acceptors (Lipinski definition) is 6. The van der Waals surface area contributed by atoms with Crippen molar-refractivity contribution in [2.24, 2.45) is 5.92 Å². The molecule has 1 atom stereocenters. The molecule has 9 nitrogen and oxygen atoms in total. The van der Waals surface area contributed by atoms with Gasteiger partial charge in [-0.2, -0.15) is 0 Å². The van der Waals surface area contributed by atoms with Crippen molar-refractivity contribution < 1.29 is 28.7 Å². The maximum Gasteiger partial charge on any atom is 0.311 e. The van der Waals surface area contributed by atoms with Gasteiger partial charge in [0.05, 0.1) is 29.3 Å². The summed E-state index contributed by atoms with van der Waals surface area (Å²) in [5, 5.41) is 0.228. The Morgan fingerprint density at radius 2 is 1.81 bits per heavy atom. The molecule has 1 aliphatic heterocycles. The molecule has 0 spiro atoms. The molecule has 0 radical (unpaired) electrons. The fraction of sp³-hybridized carbons (Fsp3) is 0.238. The van der Waals surface area contributed by atoms with Crippen molar-refractivity contribution in [1.82, 2.24) is 10.9 Å². The number of amides is 3. The van der Waals surface area contributed by atoms with Crippen LogP contribution in [0.2, 0.25) is 5.02 Å². The lowest BCUT2D eigenvalue weighted by Crippen LogP contribution is -2.44. The first-order chi connectivity index (χ1) is 14.9. The average molecular weight is 446 g/mol. The van der Waals surface area contributed by atoms with Crippen molar-refractivity contribution in [3.63, 3.8) is 0 Å². The lowest BCUT2D eigenvalue weighted by atomic mass is 10.1. The van der Waals surface area contributed by atoms with Gasteiger partial charge in [-0.05, 0) is 24.3 Å². The molecule has 31 heavy (non-hydrogen) atoms. The SMILES string of the molecule is COc1ccccc1N1C[C@H](C(=O)OCC(=O)NNC(=O)c2ccccc2Cl)CC1=O. The zero-order valence-corrected chi connectivity index (χ0v) is 17.3. The second-order valence-corrected chi connectivity index (χ2v) is 7.07. The molecule has 2 N–H and O–H groups in total. The number of para-hydroxylation sites is 2. The molecule has 3 rings (SSSR count). The summed E-state index contributed by atoms with van der Waals surface area (Å²) in [5.41, 5.74) is 5.08. The molecule has 1 aliphatic rings. The van der Waals surface area contributed by atoms with E-state index in [1.54, 1.807) is 36.4 Å². The van der Waals surface area contributed by atoms with Gasteiger partial charge in [-0.25, -0.2) is 0 Å². The van der Waals surface area contributed by atoms with Crippen LogP contribution in [0.1, 0.15) is 16.8 Å². The van der Waals surface area contributed by atoms with E-state index in [1.165, 1.54) is 24.1 Å². The van der Waals surface area contributed by atoms with E-state index in [-0.39, 0.29) is 29.5 Å².